The number of aryl methyl sites for hydroxylation is 1. The molecule has 42 heavy (non-hydrogen) atoms. The Morgan fingerprint density at radius 3 is 2.36 bits per heavy atom. The molecule has 1 aliphatic heterocycles. The van der Waals surface area contributed by atoms with E-state index in [0.717, 1.165) is 66.0 Å². The molecule has 0 aliphatic carbocycles. The van der Waals surface area contributed by atoms with Crippen molar-refractivity contribution in [2.24, 2.45) is 0 Å². The van der Waals surface area contributed by atoms with Gasteiger partial charge in [-0.2, -0.15) is 0 Å². The van der Waals surface area contributed by atoms with Crippen LogP contribution in [0.15, 0.2) is 95.8 Å². The zero-order valence-corrected chi connectivity index (χ0v) is 24.6. The summed E-state index contributed by atoms with van der Waals surface area (Å²) in [6.45, 7) is 7.99. The topological polar surface area (TPSA) is 57.6 Å². The smallest absolute Gasteiger partial charge is 0.259 e. The van der Waals surface area contributed by atoms with E-state index in [-0.39, 0.29) is 11.5 Å². The van der Waals surface area contributed by atoms with Gasteiger partial charge in [0.25, 0.3) is 11.5 Å². The Bertz CT molecular complexity index is 1790. The maximum atomic E-state index is 13.6. The van der Waals surface area contributed by atoms with E-state index in [1.807, 2.05) is 78.9 Å². The first-order valence-corrected chi connectivity index (χ1v) is 15.0. The molecule has 0 unspecified atom stereocenters. The van der Waals surface area contributed by atoms with Gasteiger partial charge in [0.2, 0.25) is 0 Å². The van der Waals surface area contributed by atoms with Crippen molar-refractivity contribution < 1.29 is 4.79 Å². The summed E-state index contributed by atoms with van der Waals surface area (Å²) in [5, 5.41) is 6.41. The third-order valence-corrected chi connectivity index (χ3v) is 8.48. The lowest BCUT2D eigenvalue weighted by Crippen LogP contribution is -2.47. The van der Waals surface area contributed by atoms with E-state index in [1.54, 1.807) is 4.57 Å². The molecule has 1 N–H and O–H groups in total. The summed E-state index contributed by atoms with van der Waals surface area (Å²) >= 11 is 6.23. The lowest BCUT2D eigenvalue weighted by molar-refractivity contribution is 0.0951. The number of anilines is 1. The van der Waals surface area contributed by atoms with Crippen molar-refractivity contribution in [1.29, 1.82) is 0 Å². The SMILES string of the molecule is Cc1ccc(Cl)cc1N1CCN(CCCNC(=O)c2ccc3c4ccccc4c(=O)n(Cc4ccccc4)c3c2)CC1. The summed E-state index contributed by atoms with van der Waals surface area (Å²) in [6, 6.07) is 29.4. The second-order valence-electron chi connectivity index (χ2n) is 11.0. The number of nitrogens with zero attached hydrogens (tertiary/aromatic N) is 3. The standard InChI is InChI=1S/C35H35ClN4O2/c1-25-12-14-28(36)23-32(25)39-20-18-38(19-21-39)17-7-16-37-34(41)27-13-15-30-29-10-5-6-11-31(29)35(42)40(33(30)22-27)24-26-8-3-2-4-9-26/h2-6,8-15,22-23H,7,16-21,24H2,1H3,(H,37,41). The number of benzene rings is 4. The molecule has 6 rings (SSSR count). The summed E-state index contributed by atoms with van der Waals surface area (Å²) in [5.41, 5.74) is 4.77. The Balaban J connectivity index is 1.11. The van der Waals surface area contributed by atoms with Crippen LogP contribution in [0.2, 0.25) is 5.02 Å². The minimum Gasteiger partial charge on any atom is -0.369 e. The highest BCUT2D eigenvalue weighted by Gasteiger charge is 2.19. The first kappa shape index (κ1) is 28.0. The molecule has 2 heterocycles. The van der Waals surface area contributed by atoms with Crippen LogP contribution in [0, 0.1) is 6.92 Å². The predicted molar refractivity (Wildman–Crippen MR) is 173 cm³/mol. The third-order valence-electron chi connectivity index (χ3n) is 8.25. The Morgan fingerprint density at radius 1 is 0.833 bits per heavy atom. The van der Waals surface area contributed by atoms with Crippen LogP contribution in [0.25, 0.3) is 21.7 Å². The van der Waals surface area contributed by atoms with Gasteiger partial charge < -0.3 is 14.8 Å². The lowest BCUT2D eigenvalue weighted by atomic mass is 10.0. The van der Waals surface area contributed by atoms with Gasteiger partial charge in [0.05, 0.1) is 12.1 Å². The van der Waals surface area contributed by atoms with Gasteiger partial charge in [-0.3, -0.25) is 14.5 Å². The first-order chi connectivity index (χ1) is 20.5. The van der Waals surface area contributed by atoms with Gasteiger partial charge in [-0.15, -0.1) is 0 Å². The van der Waals surface area contributed by atoms with Crippen LogP contribution in [-0.4, -0.2) is 54.6 Å². The Kier molecular flexibility index (Phi) is 8.27. The molecule has 1 saturated heterocycles. The average molecular weight is 579 g/mol. The fourth-order valence-corrected chi connectivity index (χ4v) is 6.11. The fourth-order valence-electron chi connectivity index (χ4n) is 5.95. The highest BCUT2D eigenvalue weighted by Crippen LogP contribution is 2.26. The summed E-state index contributed by atoms with van der Waals surface area (Å²) in [5.74, 6) is -0.120. The molecule has 5 aromatic rings. The number of carbonyl (C=O) groups is 1. The maximum absolute atomic E-state index is 13.6. The number of hydrogen-bond donors (Lipinski definition) is 1. The normalized spacial score (nSPS) is 14.0. The number of pyridine rings is 1. The molecule has 7 heteroatoms. The molecule has 1 fully saturated rings. The second-order valence-corrected chi connectivity index (χ2v) is 11.5. The molecule has 1 amide bonds. The van der Waals surface area contributed by atoms with Crippen molar-refractivity contribution in [3.63, 3.8) is 0 Å². The summed E-state index contributed by atoms with van der Waals surface area (Å²) in [4.78, 5) is 31.6. The second kappa shape index (κ2) is 12.4. The summed E-state index contributed by atoms with van der Waals surface area (Å²) in [6.07, 6.45) is 0.874. The number of carbonyl (C=O) groups excluding carboxylic acids is 1. The van der Waals surface area contributed by atoms with Gasteiger partial charge in [-0.1, -0.05) is 72.3 Å². The molecule has 1 aliphatic rings. The number of aromatic nitrogens is 1. The van der Waals surface area contributed by atoms with Crippen LogP contribution in [0.4, 0.5) is 5.69 Å². The molecular formula is C35H35ClN4O2. The summed E-state index contributed by atoms with van der Waals surface area (Å²) < 4.78 is 1.79. The van der Waals surface area contributed by atoms with Crippen LogP contribution in [0.3, 0.4) is 0 Å². The third kappa shape index (κ3) is 5.91. The molecular weight excluding hydrogens is 544 g/mol. The quantitative estimate of drug-likeness (QED) is 0.178. The fraction of sp³-hybridized carbons (Fsp3) is 0.257. The zero-order valence-electron chi connectivity index (χ0n) is 23.9. The van der Waals surface area contributed by atoms with Gasteiger partial charge in [0.15, 0.2) is 0 Å². The number of nitrogens with one attached hydrogen (secondary N) is 1. The van der Waals surface area contributed by atoms with Gasteiger partial charge in [0, 0.05) is 59.8 Å². The van der Waals surface area contributed by atoms with E-state index in [1.165, 1.54) is 11.3 Å². The van der Waals surface area contributed by atoms with E-state index in [9.17, 15) is 9.59 Å². The maximum Gasteiger partial charge on any atom is 0.259 e. The van der Waals surface area contributed by atoms with Crippen molar-refractivity contribution in [2.45, 2.75) is 19.9 Å². The van der Waals surface area contributed by atoms with E-state index >= 15 is 0 Å². The van der Waals surface area contributed by atoms with Gasteiger partial charge >= 0.3 is 0 Å². The number of rotatable bonds is 8. The Labute approximate surface area is 251 Å². The molecule has 214 valence electrons. The zero-order chi connectivity index (χ0) is 29.1. The van der Waals surface area contributed by atoms with Gasteiger partial charge in [-0.05, 0) is 66.7 Å². The minimum atomic E-state index is -0.120. The molecule has 0 atom stereocenters. The van der Waals surface area contributed by atoms with Crippen LogP contribution in [-0.2, 0) is 6.54 Å². The van der Waals surface area contributed by atoms with E-state index < -0.39 is 0 Å². The lowest BCUT2D eigenvalue weighted by Gasteiger charge is -2.37. The monoisotopic (exact) mass is 578 g/mol. The first-order valence-electron chi connectivity index (χ1n) is 14.6. The van der Waals surface area contributed by atoms with Crippen LogP contribution < -0.4 is 15.8 Å². The Hall–Kier alpha value is -4.13. The molecule has 0 bridgehead atoms. The molecule has 0 radical (unpaired) electrons. The minimum absolute atomic E-state index is 0.0508. The predicted octanol–water partition coefficient (Wildman–Crippen LogP) is 6.11. The van der Waals surface area contributed by atoms with E-state index in [2.05, 4.69) is 34.2 Å². The number of piperazine rings is 1. The highest BCUT2D eigenvalue weighted by molar-refractivity contribution is 6.30. The van der Waals surface area contributed by atoms with Gasteiger partial charge in [-0.25, -0.2) is 0 Å². The number of halogens is 1. The van der Waals surface area contributed by atoms with Crippen molar-refractivity contribution in [1.82, 2.24) is 14.8 Å². The number of fused-ring (bicyclic) bond motifs is 3. The molecule has 0 saturated carbocycles. The average Bonchev–Trinajstić information content (AvgIpc) is 3.03. The number of hydrogen-bond acceptors (Lipinski definition) is 4. The number of amides is 1. The van der Waals surface area contributed by atoms with Crippen LogP contribution >= 0.6 is 11.6 Å². The molecule has 4 aromatic carbocycles. The van der Waals surface area contributed by atoms with Crippen molar-refractivity contribution in [2.75, 3.05) is 44.2 Å². The van der Waals surface area contributed by atoms with Crippen LogP contribution in [0.1, 0.15) is 27.9 Å². The highest BCUT2D eigenvalue weighted by atomic mass is 35.5. The van der Waals surface area contributed by atoms with Crippen molar-refractivity contribution >= 4 is 44.9 Å². The van der Waals surface area contributed by atoms with E-state index in [0.29, 0.717) is 24.0 Å². The molecule has 0 spiro atoms. The Morgan fingerprint density at radius 2 is 1.57 bits per heavy atom. The van der Waals surface area contributed by atoms with Crippen molar-refractivity contribution in [3.8, 4) is 0 Å². The van der Waals surface area contributed by atoms with Gasteiger partial charge in [0.1, 0.15) is 0 Å². The summed E-state index contributed by atoms with van der Waals surface area (Å²) in [7, 11) is 0. The van der Waals surface area contributed by atoms with Crippen molar-refractivity contribution in [3.05, 3.63) is 123 Å². The largest absolute Gasteiger partial charge is 0.369 e. The van der Waals surface area contributed by atoms with Crippen LogP contribution in [0.5, 0.6) is 0 Å². The van der Waals surface area contributed by atoms with E-state index in [4.69, 9.17) is 11.6 Å². The molecule has 6 nitrogen and oxygen atoms in total. The molecule has 1 aromatic heterocycles.